The molecular formula is C11H23NS. The Morgan fingerprint density at radius 3 is 2.62 bits per heavy atom. The molecule has 1 saturated carbocycles. The lowest BCUT2D eigenvalue weighted by Gasteiger charge is -2.28. The van der Waals surface area contributed by atoms with Crippen molar-refractivity contribution < 1.29 is 0 Å². The molecule has 1 nitrogen and oxygen atoms in total. The minimum absolute atomic E-state index is 0.743. The molecule has 2 heteroatoms. The summed E-state index contributed by atoms with van der Waals surface area (Å²) in [6.07, 6.45) is 9.46. The molecule has 0 heterocycles. The van der Waals surface area contributed by atoms with Gasteiger partial charge in [-0.3, -0.25) is 0 Å². The van der Waals surface area contributed by atoms with Crippen molar-refractivity contribution in [2.45, 2.75) is 45.1 Å². The van der Waals surface area contributed by atoms with Gasteiger partial charge in [0.05, 0.1) is 0 Å². The standard InChI is InChI=1S/C11H23NS/c1-10(12-8-9-13-2)11-6-4-3-5-7-11/h10-12H,3-9H2,1-2H3/t10-/m1/s1. The fourth-order valence-electron chi connectivity index (χ4n) is 2.19. The van der Waals surface area contributed by atoms with Crippen LogP contribution in [0.2, 0.25) is 0 Å². The molecule has 0 saturated heterocycles. The molecule has 0 aromatic heterocycles. The van der Waals surface area contributed by atoms with Gasteiger partial charge in [-0.2, -0.15) is 11.8 Å². The van der Waals surface area contributed by atoms with E-state index < -0.39 is 0 Å². The SMILES string of the molecule is CSCCN[C@H](C)C1CCCCC1. The zero-order valence-corrected chi connectivity index (χ0v) is 9.83. The lowest BCUT2D eigenvalue weighted by molar-refractivity contribution is 0.285. The van der Waals surface area contributed by atoms with Crippen molar-refractivity contribution in [2.75, 3.05) is 18.6 Å². The van der Waals surface area contributed by atoms with Gasteiger partial charge in [0.1, 0.15) is 0 Å². The van der Waals surface area contributed by atoms with Crippen molar-refractivity contribution in [3.05, 3.63) is 0 Å². The molecule has 78 valence electrons. The fourth-order valence-corrected chi connectivity index (χ4v) is 2.51. The van der Waals surface area contributed by atoms with Gasteiger partial charge in [0.15, 0.2) is 0 Å². The Balaban J connectivity index is 2.09. The first kappa shape index (κ1) is 11.4. The number of thioether (sulfide) groups is 1. The summed E-state index contributed by atoms with van der Waals surface area (Å²) in [5, 5.41) is 3.63. The highest BCUT2D eigenvalue weighted by Gasteiger charge is 2.18. The maximum atomic E-state index is 3.63. The molecule has 1 N–H and O–H groups in total. The van der Waals surface area contributed by atoms with Gasteiger partial charge >= 0.3 is 0 Å². The Labute approximate surface area is 87.1 Å². The molecule has 0 unspecified atom stereocenters. The molecule has 0 bridgehead atoms. The van der Waals surface area contributed by atoms with Crippen LogP contribution in [0.3, 0.4) is 0 Å². The van der Waals surface area contributed by atoms with Crippen LogP contribution < -0.4 is 5.32 Å². The molecule has 1 fully saturated rings. The molecule has 0 aromatic carbocycles. The summed E-state index contributed by atoms with van der Waals surface area (Å²) in [5.41, 5.74) is 0. The molecule has 1 aliphatic carbocycles. The molecule has 0 spiro atoms. The summed E-state index contributed by atoms with van der Waals surface area (Å²) in [4.78, 5) is 0. The van der Waals surface area contributed by atoms with E-state index in [1.807, 2.05) is 11.8 Å². The second-order valence-electron chi connectivity index (χ2n) is 4.13. The van der Waals surface area contributed by atoms with Gasteiger partial charge < -0.3 is 5.32 Å². The van der Waals surface area contributed by atoms with E-state index in [1.54, 1.807) is 0 Å². The van der Waals surface area contributed by atoms with Crippen molar-refractivity contribution in [3.63, 3.8) is 0 Å². The Hall–Kier alpha value is 0.310. The van der Waals surface area contributed by atoms with Crippen LogP contribution in [0.5, 0.6) is 0 Å². The van der Waals surface area contributed by atoms with Gasteiger partial charge in [-0.15, -0.1) is 0 Å². The molecule has 0 aromatic rings. The van der Waals surface area contributed by atoms with E-state index in [4.69, 9.17) is 0 Å². The van der Waals surface area contributed by atoms with E-state index >= 15 is 0 Å². The van der Waals surface area contributed by atoms with Crippen LogP contribution in [0.4, 0.5) is 0 Å². The summed E-state index contributed by atoms with van der Waals surface area (Å²) in [5.74, 6) is 2.20. The number of nitrogens with one attached hydrogen (secondary N) is 1. The van der Waals surface area contributed by atoms with Crippen molar-refractivity contribution in [2.24, 2.45) is 5.92 Å². The van der Waals surface area contributed by atoms with Crippen LogP contribution in [0.1, 0.15) is 39.0 Å². The van der Waals surface area contributed by atoms with Gasteiger partial charge in [0.25, 0.3) is 0 Å². The van der Waals surface area contributed by atoms with E-state index in [2.05, 4.69) is 18.5 Å². The predicted molar refractivity (Wildman–Crippen MR) is 62.4 cm³/mol. The van der Waals surface area contributed by atoms with Crippen LogP contribution in [0.25, 0.3) is 0 Å². The average molecular weight is 201 g/mol. The van der Waals surface area contributed by atoms with E-state index in [0.717, 1.165) is 12.0 Å². The summed E-state index contributed by atoms with van der Waals surface area (Å²) >= 11 is 1.93. The third-order valence-corrected chi connectivity index (χ3v) is 3.74. The molecule has 0 aliphatic heterocycles. The van der Waals surface area contributed by atoms with Crippen LogP contribution >= 0.6 is 11.8 Å². The van der Waals surface area contributed by atoms with Crippen LogP contribution in [0, 0.1) is 5.92 Å². The number of hydrogen-bond donors (Lipinski definition) is 1. The van der Waals surface area contributed by atoms with Crippen LogP contribution in [0.15, 0.2) is 0 Å². The second kappa shape index (κ2) is 6.72. The quantitative estimate of drug-likeness (QED) is 0.686. The number of hydrogen-bond acceptors (Lipinski definition) is 2. The fraction of sp³-hybridized carbons (Fsp3) is 1.00. The van der Waals surface area contributed by atoms with Gasteiger partial charge in [0.2, 0.25) is 0 Å². The minimum Gasteiger partial charge on any atom is -0.313 e. The maximum Gasteiger partial charge on any atom is 0.00673 e. The van der Waals surface area contributed by atoms with E-state index in [0.29, 0.717) is 0 Å². The highest BCUT2D eigenvalue weighted by atomic mass is 32.2. The Kier molecular flexibility index (Phi) is 5.88. The first-order valence-electron chi connectivity index (χ1n) is 5.57. The van der Waals surface area contributed by atoms with Gasteiger partial charge in [-0.1, -0.05) is 19.3 Å². The topological polar surface area (TPSA) is 12.0 Å². The highest BCUT2D eigenvalue weighted by Crippen LogP contribution is 2.26. The molecule has 0 amide bonds. The predicted octanol–water partition coefficient (Wildman–Crippen LogP) is 2.91. The Morgan fingerprint density at radius 2 is 2.00 bits per heavy atom. The van der Waals surface area contributed by atoms with E-state index in [9.17, 15) is 0 Å². The smallest absolute Gasteiger partial charge is 0.00673 e. The van der Waals surface area contributed by atoms with Crippen molar-refractivity contribution >= 4 is 11.8 Å². The lowest BCUT2D eigenvalue weighted by atomic mass is 9.84. The maximum absolute atomic E-state index is 3.63. The van der Waals surface area contributed by atoms with Crippen LogP contribution in [-0.4, -0.2) is 24.6 Å². The van der Waals surface area contributed by atoms with Crippen molar-refractivity contribution in [1.29, 1.82) is 0 Å². The summed E-state index contributed by atoms with van der Waals surface area (Å²) in [6, 6.07) is 0.743. The summed E-state index contributed by atoms with van der Waals surface area (Å²) in [6.45, 7) is 3.54. The zero-order valence-electron chi connectivity index (χ0n) is 9.01. The average Bonchev–Trinajstić information content (AvgIpc) is 2.19. The first-order valence-corrected chi connectivity index (χ1v) is 6.96. The van der Waals surface area contributed by atoms with E-state index in [1.165, 1.54) is 44.4 Å². The van der Waals surface area contributed by atoms with Gasteiger partial charge in [-0.25, -0.2) is 0 Å². The van der Waals surface area contributed by atoms with Gasteiger partial charge in [0, 0.05) is 18.3 Å². The molecule has 1 rings (SSSR count). The number of rotatable bonds is 5. The van der Waals surface area contributed by atoms with Crippen molar-refractivity contribution in [3.8, 4) is 0 Å². The molecule has 0 radical (unpaired) electrons. The Bertz CT molecular complexity index is 121. The minimum atomic E-state index is 0.743. The lowest BCUT2D eigenvalue weighted by Crippen LogP contribution is -2.35. The normalized spacial score (nSPS) is 21.7. The Morgan fingerprint density at radius 1 is 1.31 bits per heavy atom. The largest absolute Gasteiger partial charge is 0.313 e. The van der Waals surface area contributed by atoms with E-state index in [-0.39, 0.29) is 0 Å². The first-order chi connectivity index (χ1) is 6.34. The van der Waals surface area contributed by atoms with Crippen LogP contribution in [-0.2, 0) is 0 Å². The molecule has 1 atom stereocenters. The van der Waals surface area contributed by atoms with Crippen molar-refractivity contribution in [1.82, 2.24) is 5.32 Å². The third-order valence-electron chi connectivity index (χ3n) is 3.13. The summed E-state index contributed by atoms with van der Waals surface area (Å²) in [7, 11) is 0. The second-order valence-corrected chi connectivity index (χ2v) is 5.12. The van der Waals surface area contributed by atoms with Gasteiger partial charge in [-0.05, 0) is 31.9 Å². The molecule has 1 aliphatic rings. The highest BCUT2D eigenvalue weighted by molar-refractivity contribution is 7.98. The molecular weight excluding hydrogens is 178 g/mol. The zero-order chi connectivity index (χ0) is 9.52. The third kappa shape index (κ3) is 4.37. The molecule has 13 heavy (non-hydrogen) atoms. The monoisotopic (exact) mass is 201 g/mol. The summed E-state index contributed by atoms with van der Waals surface area (Å²) < 4.78 is 0.